The van der Waals surface area contributed by atoms with Gasteiger partial charge in [-0.15, -0.1) is 0 Å². The fourth-order valence-electron chi connectivity index (χ4n) is 10.1. The summed E-state index contributed by atoms with van der Waals surface area (Å²) in [5.41, 5.74) is 2.80. The lowest BCUT2D eigenvalue weighted by atomic mass is 9.47. The van der Waals surface area contributed by atoms with Gasteiger partial charge < -0.3 is 0 Å². The summed E-state index contributed by atoms with van der Waals surface area (Å²) in [7, 11) is 0. The van der Waals surface area contributed by atoms with Crippen LogP contribution in [0.4, 0.5) is 0 Å². The summed E-state index contributed by atoms with van der Waals surface area (Å²) < 4.78 is 0. The van der Waals surface area contributed by atoms with Crippen molar-refractivity contribution in [2.45, 2.75) is 154 Å². The molecule has 0 spiro atoms. The summed E-state index contributed by atoms with van der Waals surface area (Å²) in [6.45, 7) is 7.68. The molecule has 204 valence electrons. The first-order valence-corrected chi connectivity index (χ1v) is 17.2. The third-order valence-electron chi connectivity index (χ3n) is 12.4. The molecule has 5 aliphatic carbocycles. The molecule has 5 rings (SSSR count). The van der Waals surface area contributed by atoms with E-state index in [9.17, 15) is 4.79 Å². The van der Waals surface area contributed by atoms with E-state index in [4.69, 9.17) is 0 Å². The number of hydrogen-bond donors (Lipinski definition) is 0. The smallest absolute Gasteiger partial charge is 0.192 e. The monoisotopic (exact) mass is 512 g/mol. The van der Waals surface area contributed by atoms with Crippen LogP contribution in [0.2, 0.25) is 0 Å². The molecule has 2 heteroatoms. The van der Waals surface area contributed by atoms with E-state index in [0.29, 0.717) is 27.1 Å². The maximum atomic E-state index is 13.0. The molecule has 0 unspecified atom stereocenters. The number of carbonyl (C=O) groups excluding carboxylic acids is 1. The van der Waals surface area contributed by atoms with Crippen molar-refractivity contribution in [1.29, 1.82) is 0 Å². The summed E-state index contributed by atoms with van der Waals surface area (Å²) in [5.74, 6) is 4.16. The van der Waals surface area contributed by atoms with Gasteiger partial charge in [0.1, 0.15) is 0 Å². The average molecular weight is 513 g/mol. The van der Waals surface area contributed by atoms with Gasteiger partial charge in [-0.3, -0.25) is 4.79 Å². The van der Waals surface area contributed by atoms with Crippen LogP contribution >= 0.6 is 11.8 Å². The number of fused-ring (bicyclic) bond motifs is 5. The highest BCUT2D eigenvalue weighted by Crippen LogP contribution is 2.67. The van der Waals surface area contributed by atoms with E-state index in [0.717, 1.165) is 36.5 Å². The Kier molecular flexibility index (Phi) is 9.02. The lowest BCUT2D eigenvalue weighted by Crippen LogP contribution is -2.50. The quantitative estimate of drug-likeness (QED) is 0.226. The predicted octanol–water partition coefficient (Wildman–Crippen LogP) is 10.5. The van der Waals surface area contributed by atoms with E-state index >= 15 is 0 Å². The van der Waals surface area contributed by atoms with Crippen molar-refractivity contribution in [3.8, 4) is 0 Å². The first-order chi connectivity index (χ1) is 17.5. The second-order valence-corrected chi connectivity index (χ2v) is 15.6. The molecule has 0 aromatic heterocycles. The van der Waals surface area contributed by atoms with Crippen LogP contribution in [0, 0.1) is 40.4 Å². The van der Waals surface area contributed by atoms with Crippen molar-refractivity contribution in [3.63, 3.8) is 0 Å². The molecule has 0 aromatic rings. The Hall–Kier alpha value is -0.240. The Balaban J connectivity index is 1.18. The van der Waals surface area contributed by atoms with Crippen LogP contribution in [0.25, 0.3) is 0 Å². The number of unbranched alkanes of at least 4 members (excludes halogenated alkanes) is 5. The Bertz CT molecular complexity index is 780. The van der Waals surface area contributed by atoms with Crippen LogP contribution in [0.15, 0.2) is 11.6 Å². The zero-order chi connectivity index (χ0) is 25.2. The molecule has 5 aliphatic rings. The fourth-order valence-corrected chi connectivity index (χ4v) is 11.3. The summed E-state index contributed by atoms with van der Waals surface area (Å²) in [6, 6.07) is 0. The normalized spacial score (nSPS) is 40.8. The first kappa shape index (κ1) is 27.3. The molecule has 0 amide bonds. The zero-order valence-electron chi connectivity index (χ0n) is 24.0. The van der Waals surface area contributed by atoms with Crippen molar-refractivity contribution in [1.82, 2.24) is 0 Å². The molecule has 4 saturated carbocycles. The minimum atomic E-state index is 0.365. The number of allylic oxidation sites excluding steroid dienone is 2. The van der Waals surface area contributed by atoms with Crippen LogP contribution < -0.4 is 0 Å². The highest BCUT2D eigenvalue weighted by atomic mass is 32.2. The van der Waals surface area contributed by atoms with Gasteiger partial charge in [-0.25, -0.2) is 0 Å². The lowest BCUT2D eigenvalue weighted by molar-refractivity contribution is -0.115. The molecule has 0 aromatic carbocycles. The molecular weight excluding hydrogens is 456 g/mol. The number of hydrogen-bond acceptors (Lipinski definition) is 2. The SMILES string of the molecule is CCCCCCCC[C@H]1CC[C@H]2[C@@H]3CC=C4C[C@@H](SC(=O)C5CCCCC5)CC[C@]4(C)[C@H]3CC[C@]12C. The van der Waals surface area contributed by atoms with E-state index in [2.05, 4.69) is 26.8 Å². The maximum absolute atomic E-state index is 13.0. The largest absolute Gasteiger partial charge is 0.287 e. The van der Waals surface area contributed by atoms with Gasteiger partial charge in [0.2, 0.25) is 0 Å². The second kappa shape index (κ2) is 11.9. The topological polar surface area (TPSA) is 17.1 Å². The van der Waals surface area contributed by atoms with E-state index < -0.39 is 0 Å². The van der Waals surface area contributed by atoms with Crippen LogP contribution in [-0.2, 0) is 4.79 Å². The first-order valence-electron chi connectivity index (χ1n) is 16.4. The molecular formula is C34H56OS. The molecule has 1 nitrogen and oxygen atoms in total. The van der Waals surface area contributed by atoms with Crippen molar-refractivity contribution < 1.29 is 4.79 Å². The van der Waals surface area contributed by atoms with Crippen LogP contribution in [0.1, 0.15) is 149 Å². The van der Waals surface area contributed by atoms with Crippen molar-refractivity contribution in [3.05, 3.63) is 11.6 Å². The van der Waals surface area contributed by atoms with Crippen molar-refractivity contribution >= 4 is 16.9 Å². The summed E-state index contributed by atoms with van der Waals surface area (Å²) >= 11 is 1.76. The van der Waals surface area contributed by atoms with Crippen LogP contribution in [0.5, 0.6) is 0 Å². The Morgan fingerprint density at radius 1 is 0.889 bits per heavy atom. The highest BCUT2D eigenvalue weighted by Gasteiger charge is 2.58. The Morgan fingerprint density at radius 3 is 2.47 bits per heavy atom. The van der Waals surface area contributed by atoms with Gasteiger partial charge in [-0.05, 0) is 105 Å². The molecule has 0 N–H and O–H groups in total. The molecule has 7 atom stereocenters. The minimum Gasteiger partial charge on any atom is -0.287 e. The summed E-state index contributed by atoms with van der Waals surface area (Å²) in [5, 5.41) is 1.09. The molecule has 0 saturated heterocycles. The van der Waals surface area contributed by atoms with E-state index in [1.807, 2.05) is 0 Å². The van der Waals surface area contributed by atoms with Gasteiger partial charge in [-0.2, -0.15) is 0 Å². The van der Waals surface area contributed by atoms with Gasteiger partial charge in [0.15, 0.2) is 5.12 Å². The summed E-state index contributed by atoms with van der Waals surface area (Å²) in [4.78, 5) is 13.0. The number of rotatable bonds is 9. The maximum Gasteiger partial charge on any atom is 0.192 e. The van der Waals surface area contributed by atoms with E-state index in [1.165, 1.54) is 116 Å². The van der Waals surface area contributed by atoms with Gasteiger partial charge in [0.05, 0.1) is 0 Å². The zero-order valence-corrected chi connectivity index (χ0v) is 24.8. The second-order valence-electron chi connectivity index (χ2n) is 14.3. The molecule has 4 fully saturated rings. The summed E-state index contributed by atoms with van der Waals surface area (Å²) in [6.07, 6.45) is 30.2. The lowest BCUT2D eigenvalue weighted by Gasteiger charge is -2.58. The predicted molar refractivity (Wildman–Crippen MR) is 156 cm³/mol. The Morgan fingerprint density at radius 2 is 1.67 bits per heavy atom. The van der Waals surface area contributed by atoms with Gasteiger partial charge in [-0.1, -0.05) is 102 Å². The molecule has 0 bridgehead atoms. The van der Waals surface area contributed by atoms with Crippen LogP contribution in [0.3, 0.4) is 0 Å². The Labute approximate surface area is 227 Å². The van der Waals surface area contributed by atoms with E-state index in [-0.39, 0.29) is 0 Å². The van der Waals surface area contributed by atoms with Gasteiger partial charge in [0.25, 0.3) is 0 Å². The van der Waals surface area contributed by atoms with Crippen molar-refractivity contribution in [2.24, 2.45) is 40.4 Å². The number of thioether (sulfide) groups is 1. The molecule has 0 aliphatic heterocycles. The minimum absolute atomic E-state index is 0.365. The third-order valence-corrected chi connectivity index (χ3v) is 13.7. The van der Waals surface area contributed by atoms with Crippen molar-refractivity contribution in [2.75, 3.05) is 0 Å². The highest BCUT2D eigenvalue weighted by molar-refractivity contribution is 8.14. The van der Waals surface area contributed by atoms with Gasteiger partial charge >= 0.3 is 0 Å². The number of carbonyl (C=O) groups is 1. The molecule has 0 heterocycles. The third kappa shape index (κ3) is 5.42. The fraction of sp³-hybridized carbons (Fsp3) is 0.912. The molecule has 36 heavy (non-hydrogen) atoms. The molecule has 0 radical (unpaired) electrons. The standard InChI is InChI=1S/C34H56OS/c1-4-5-6-7-8-12-15-26-17-19-30-29-18-16-27-24-28(36-32(35)25-13-10-9-11-14-25)20-22-34(27,3)31(29)21-23-33(26,30)2/h16,25-26,28-31H,4-15,17-24H2,1-3H3/t26-,28-,29-,30-,31-,33+,34-/m0/s1. The van der Waals surface area contributed by atoms with E-state index in [1.54, 1.807) is 17.3 Å². The van der Waals surface area contributed by atoms with Gasteiger partial charge in [0, 0.05) is 11.2 Å². The average Bonchev–Trinajstić information content (AvgIpc) is 3.23. The van der Waals surface area contributed by atoms with Crippen LogP contribution in [-0.4, -0.2) is 10.4 Å².